The van der Waals surface area contributed by atoms with E-state index in [1.54, 1.807) is 6.92 Å². The molecule has 0 aromatic heterocycles. The summed E-state index contributed by atoms with van der Waals surface area (Å²) in [6.07, 6.45) is 6.05. The topological polar surface area (TPSA) is 32.3 Å². The van der Waals surface area contributed by atoms with Crippen molar-refractivity contribution in [1.82, 2.24) is 10.2 Å². The fraction of sp³-hybridized carbons (Fsp3) is 0.769. The van der Waals surface area contributed by atoms with Crippen LogP contribution in [0.5, 0.6) is 0 Å². The summed E-state index contributed by atoms with van der Waals surface area (Å²) in [7, 11) is 0. The summed E-state index contributed by atoms with van der Waals surface area (Å²) < 4.78 is 0. The lowest BCUT2D eigenvalue weighted by atomic mass is 10.0. The molecule has 1 saturated heterocycles. The molecule has 1 atom stereocenters. The molecule has 16 heavy (non-hydrogen) atoms. The maximum absolute atomic E-state index is 11.8. The normalized spacial score (nSPS) is 24.4. The molecule has 0 radical (unpaired) electrons. The Morgan fingerprint density at radius 1 is 1.38 bits per heavy atom. The molecule has 0 aromatic carbocycles. The summed E-state index contributed by atoms with van der Waals surface area (Å²) >= 11 is 0. The number of piperidine rings is 1. The van der Waals surface area contributed by atoms with Gasteiger partial charge in [-0.2, -0.15) is 0 Å². The third-order valence-electron chi connectivity index (χ3n) is 3.31. The molecule has 1 unspecified atom stereocenters. The molecular weight excluding hydrogens is 200 g/mol. The zero-order valence-corrected chi connectivity index (χ0v) is 9.96. The van der Waals surface area contributed by atoms with Gasteiger partial charge in [0, 0.05) is 18.6 Å². The number of amides is 1. The summed E-state index contributed by atoms with van der Waals surface area (Å²) in [4.78, 5) is 13.8. The molecule has 2 rings (SSSR count). The molecule has 1 saturated carbocycles. The summed E-state index contributed by atoms with van der Waals surface area (Å²) in [6, 6.07) is 0.953. The predicted molar refractivity (Wildman–Crippen MR) is 63.8 cm³/mol. The molecule has 2 fully saturated rings. The highest BCUT2D eigenvalue weighted by molar-refractivity contribution is 5.93. The van der Waals surface area contributed by atoms with Crippen molar-refractivity contribution < 1.29 is 4.79 Å². The molecule has 2 aliphatic rings. The molecule has 88 valence electrons. The molecule has 1 aliphatic carbocycles. The fourth-order valence-corrected chi connectivity index (χ4v) is 2.28. The Labute approximate surface area is 97.6 Å². The predicted octanol–water partition coefficient (Wildman–Crippen LogP) is 1.14. The van der Waals surface area contributed by atoms with E-state index in [0.717, 1.165) is 25.9 Å². The van der Waals surface area contributed by atoms with Crippen LogP contribution in [-0.4, -0.2) is 36.0 Å². The van der Waals surface area contributed by atoms with Gasteiger partial charge >= 0.3 is 0 Å². The van der Waals surface area contributed by atoms with Crippen molar-refractivity contribution in [3.63, 3.8) is 0 Å². The minimum atomic E-state index is 0.0115. The first-order chi connectivity index (χ1) is 7.81. The summed E-state index contributed by atoms with van der Waals surface area (Å²) in [5.74, 6) is 5.38. The second kappa shape index (κ2) is 5.36. The largest absolute Gasteiger partial charge is 0.327 e. The first-order valence-corrected chi connectivity index (χ1v) is 6.28. The van der Waals surface area contributed by atoms with Crippen molar-refractivity contribution in [1.29, 1.82) is 0 Å². The molecule has 0 bridgehead atoms. The highest BCUT2D eigenvalue weighted by Crippen LogP contribution is 2.27. The molecule has 1 aliphatic heterocycles. The second-order valence-electron chi connectivity index (χ2n) is 4.71. The van der Waals surface area contributed by atoms with Gasteiger partial charge < -0.3 is 10.2 Å². The smallest absolute Gasteiger partial charge is 0.298 e. The van der Waals surface area contributed by atoms with Crippen LogP contribution in [0.1, 0.15) is 39.0 Å². The minimum Gasteiger partial charge on any atom is -0.327 e. The van der Waals surface area contributed by atoms with Gasteiger partial charge in [0.05, 0.1) is 0 Å². The van der Waals surface area contributed by atoms with Crippen LogP contribution in [0, 0.1) is 11.8 Å². The SMILES string of the molecule is CC#CC(=O)N(CC1CCCCN1)C1CC1. The maximum Gasteiger partial charge on any atom is 0.298 e. The summed E-state index contributed by atoms with van der Waals surface area (Å²) in [6.45, 7) is 3.66. The van der Waals surface area contributed by atoms with E-state index < -0.39 is 0 Å². The van der Waals surface area contributed by atoms with Gasteiger partial charge in [0.15, 0.2) is 0 Å². The lowest BCUT2D eigenvalue weighted by molar-refractivity contribution is -0.126. The number of hydrogen-bond acceptors (Lipinski definition) is 2. The maximum atomic E-state index is 11.8. The average molecular weight is 220 g/mol. The molecule has 3 heteroatoms. The van der Waals surface area contributed by atoms with Crippen LogP contribution < -0.4 is 5.32 Å². The van der Waals surface area contributed by atoms with E-state index in [0.29, 0.717) is 12.1 Å². The van der Waals surface area contributed by atoms with Crippen LogP contribution >= 0.6 is 0 Å². The highest BCUT2D eigenvalue weighted by atomic mass is 16.2. The standard InChI is InChI=1S/C13H20N2O/c1-2-5-13(16)15(12-7-8-12)10-11-6-3-4-9-14-11/h11-12,14H,3-4,6-10H2,1H3. The van der Waals surface area contributed by atoms with Crippen molar-refractivity contribution in [2.24, 2.45) is 0 Å². The summed E-state index contributed by atoms with van der Waals surface area (Å²) in [5, 5.41) is 3.49. The quantitative estimate of drug-likeness (QED) is 0.723. The number of nitrogens with one attached hydrogen (secondary N) is 1. The number of carbonyl (C=O) groups excluding carboxylic acids is 1. The number of nitrogens with zero attached hydrogens (tertiary/aromatic N) is 1. The second-order valence-corrected chi connectivity index (χ2v) is 4.71. The lowest BCUT2D eigenvalue weighted by Crippen LogP contribution is -2.46. The van der Waals surface area contributed by atoms with Gasteiger partial charge in [0.25, 0.3) is 5.91 Å². The van der Waals surface area contributed by atoms with Crippen LogP contribution in [0.15, 0.2) is 0 Å². The van der Waals surface area contributed by atoms with Gasteiger partial charge in [-0.25, -0.2) is 0 Å². The van der Waals surface area contributed by atoms with Crippen LogP contribution in [0.3, 0.4) is 0 Å². The van der Waals surface area contributed by atoms with Gasteiger partial charge in [0.1, 0.15) is 0 Å². The highest BCUT2D eigenvalue weighted by Gasteiger charge is 2.33. The average Bonchev–Trinajstić information content (AvgIpc) is 3.11. The molecule has 0 aromatic rings. The monoisotopic (exact) mass is 220 g/mol. The first kappa shape index (κ1) is 11.5. The van der Waals surface area contributed by atoms with Crippen LogP contribution in [-0.2, 0) is 4.79 Å². The summed E-state index contributed by atoms with van der Waals surface area (Å²) in [5.41, 5.74) is 0. The van der Waals surface area contributed by atoms with E-state index >= 15 is 0 Å². The Morgan fingerprint density at radius 3 is 2.75 bits per heavy atom. The molecule has 1 heterocycles. The van der Waals surface area contributed by atoms with Gasteiger partial charge in [-0.1, -0.05) is 12.3 Å². The van der Waals surface area contributed by atoms with Crippen molar-refractivity contribution in [3.05, 3.63) is 0 Å². The van der Waals surface area contributed by atoms with E-state index in [2.05, 4.69) is 17.2 Å². The minimum absolute atomic E-state index is 0.0115. The van der Waals surface area contributed by atoms with Crippen LogP contribution in [0.25, 0.3) is 0 Å². The Balaban J connectivity index is 1.90. The Kier molecular flexibility index (Phi) is 3.84. The molecular formula is C13H20N2O. The number of rotatable bonds is 3. The molecule has 0 spiro atoms. The van der Waals surface area contributed by atoms with Gasteiger partial charge in [-0.15, -0.1) is 0 Å². The van der Waals surface area contributed by atoms with E-state index in [4.69, 9.17) is 0 Å². The lowest BCUT2D eigenvalue weighted by Gasteiger charge is -2.29. The Morgan fingerprint density at radius 2 is 2.19 bits per heavy atom. The van der Waals surface area contributed by atoms with E-state index in [9.17, 15) is 4.79 Å². The van der Waals surface area contributed by atoms with Crippen molar-refractivity contribution in [2.45, 2.75) is 51.1 Å². The van der Waals surface area contributed by atoms with Crippen LogP contribution in [0.4, 0.5) is 0 Å². The zero-order valence-electron chi connectivity index (χ0n) is 9.96. The molecule has 1 N–H and O–H groups in total. The number of carbonyl (C=O) groups is 1. The molecule has 3 nitrogen and oxygen atoms in total. The van der Waals surface area contributed by atoms with E-state index in [1.807, 2.05) is 4.90 Å². The van der Waals surface area contributed by atoms with E-state index in [-0.39, 0.29) is 5.91 Å². The van der Waals surface area contributed by atoms with Crippen molar-refractivity contribution >= 4 is 5.91 Å². The fourth-order valence-electron chi connectivity index (χ4n) is 2.28. The van der Waals surface area contributed by atoms with Gasteiger partial charge in [-0.3, -0.25) is 4.79 Å². The zero-order chi connectivity index (χ0) is 11.4. The molecule has 1 amide bonds. The number of hydrogen-bond donors (Lipinski definition) is 1. The van der Waals surface area contributed by atoms with Crippen molar-refractivity contribution in [2.75, 3.05) is 13.1 Å². The van der Waals surface area contributed by atoms with Crippen molar-refractivity contribution in [3.8, 4) is 11.8 Å². The van der Waals surface area contributed by atoms with Gasteiger partial charge in [0.2, 0.25) is 0 Å². The van der Waals surface area contributed by atoms with Gasteiger partial charge in [-0.05, 0) is 45.1 Å². The Bertz CT molecular complexity index is 306. The Hall–Kier alpha value is -1.01. The third kappa shape index (κ3) is 2.99. The van der Waals surface area contributed by atoms with E-state index in [1.165, 1.54) is 19.3 Å². The first-order valence-electron chi connectivity index (χ1n) is 6.28. The van der Waals surface area contributed by atoms with Crippen LogP contribution in [0.2, 0.25) is 0 Å². The third-order valence-corrected chi connectivity index (χ3v) is 3.31.